The molecule has 6 nitrogen and oxygen atoms in total. The van der Waals surface area contributed by atoms with Crippen LogP contribution < -0.4 is 11.1 Å². The molecule has 6 heteroatoms. The number of carbonyl (C=O) groups excluding carboxylic acids is 1. The second kappa shape index (κ2) is 5.18. The minimum absolute atomic E-state index is 0.0516. The Morgan fingerprint density at radius 2 is 2.00 bits per heavy atom. The number of nitrogen functional groups attached to an aromatic ring is 1. The molecule has 4 N–H and O–H groups in total. The Kier molecular flexibility index (Phi) is 3.42. The maximum absolute atomic E-state index is 11.9. The summed E-state index contributed by atoms with van der Waals surface area (Å²) in [6.45, 7) is 0. The monoisotopic (exact) mass is 257 g/mol. The lowest BCUT2D eigenvalue weighted by molar-refractivity contribution is 0.0696. The fraction of sp³-hybridized carbons (Fsp3) is 0. The number of carboxylic acid groups (broad SMARTS) is 1. The highest BCUT2D eigenvalue weighted by Gasteiger charge is 2.10. The molecule has 1 amide bonds. The molecule has 0 aliphatic heterocycles. The van der Waals surface area contributed by atoms with Gasteiger partial charge in [-0.2, -0.15) is 0 Å². The minimum atomic E-state index is -1.09. The summed E-state index contributed by atoms with van der Waals surface area (Å²) in [4.78, 5) is 26.6. The van der Waals surface area contributed by atoms with Crippen LogP contribution in [0.1, 0.15) is 20.7 Å². The van der Waals surface area contributed by atoms with Gasteiger partial charge in [0, 0.05) is 12.4 Å². The fourth-order valence-corrected chi connectivity index (χ4v) is 1.49. The number of amides is 1. The van der Waals surface area contributed by atoms with Gasteiger partial charge in [-0.1, -0.05) is 0 Å². The van der Waals surface area contributed by atoms with Crippen molar-refractivity contribution in [1.82, 2.24) is 4.98 Å². The quantitative estimate of drug-likeness (QED) is 0.724. The van der Waals surface area contributed by atoms with E-state index in [1.54, 1.807) is 18.3 Å². The Morgan fingerprint density at radius 3 is 2.63 bits per heavy atom. The normalized spacial score (nSPS) is 9.89. The number of benzene rings is 1. The minimum Gasteiger partial charge on any atom is -0.478 e. The van der Waals surface area contributed by atoms with Crippen LogP contribution in [0.15, 0.2) is 42.7 Å². The highest BCUT2D eigenvalue weighted by Crippen LogP contribution is 2.20. The van der Waals surface area contributed by atoms with E-state index in [0.717, 1.165) is 0 Å². The summed E-state index contributed by atoms with van der Waals surface area (Å²) in [5.41, 5.74) is 6.66. The third kappa shape index (κ3) is 2.86. The van der Waals surface area contributed by atoms with Crippen LogP contribution in [-0.2, 0) is 0 Å². The molecule has 0 saturated heterocycles. The van der Waals surface area contributed by atoms with Crippen molar-refractivity contribution < 1.29 is 14.7 Å². The van der Waals surface area contributed by atoms with Gasteiger partial charge in [0.05, 0.1) is 22.5 Å². The van der Waals surface area contributed by atoms with Crippen molar-refractivity contribution in [3.8, 4) is 0 Å². The van der Waals surface area contributed by atoms with Crippen LogP contribution in [0.5, 0.6) is 0 Å². The average molecular weight is 257 g/mol. The third-order valence-electron chi connectivity index (χ3n) is 2.47. The van der Waals surface area contributed by atoms with E-state index in [1.165, 1.54) is 24.4 Å². The smallest absolute Gasteiger partial charge is 0.335 e. The molecule has 2 aromatic rings. The van der Waals surface area contributed by atoms with Crippen LogP contribution in [0.4, 0.5) is 11.4 Å². The van der Waals surface area contributed by atoms with E-state index in [2.05, 4.69) is 10.3 Å². The van der Waals surface area contributed by atoms with Gasteiger partial charge < -0.3 is 16.2 Å². The Labute approximate surface area is 108 Å². The van der Waals surface area contributed by atoms with Crippen molar-refractivity contribution in [3.05, 3.63) is 53.9 Å². The molecule has 2 rings (SSSR count). The number of carboxylic acids is 1. The number of nitrogens with two attached hydrogens (primary N) is 1. The second-order valence-electron chi connectivity index (χ2n) is 3.80. The van der Waals surface area contributed by atoms with Gasteiger partial charge in [-0.3, -0.25) is 9.78 Å². The van der Waals surface area contributed by atoms with E-state index in [-0.39, 0.29) is 11.3 Å². The molecule has 0 radical (unpaired) electrons. The maximum Gasteiger partial charge on any atom is 0.335 e. The first-order valence-electron chi connectivity index (χ1n) is 5.42. The van der Waals surface area contributed by atoms with Crippen LogP contribution in [-0.4, -0.2) is 22.0 Å². The molecular formula is C13H11N3O3. The van der Waals surface area contributed by atoms with Gasteiger partial charge in [-0.25, -0.2) is 4.79 Å². The van der Waals surface area contributed by atoms with Crippen LogP contribution in [0.3, 0.4) is 0 Å². The van der Waals surface area contributed by atoms with E-state index in [0.29, 0.717) is 11.3 Å². The number of nitrogens with zero attached hydrogens (tertiary/aromatic N) is 1. The highest BCUT2D eigenvalue weighted by molar-refractivity contribution is 6.06. The largest absolute Gasteiger partial charge is 0.478 e. The number of hydrogen-bond donors (Lipinski definition) is 3. The Morgan fingerprint density at radius 1 is 1.21 bits per heavy atom. The molecule has 96 valence electrons. The maximum atomic E-state index is 11.9. The molecule has 0 unspecified atom stereocenters. The number of aromatic nitrogens is 1. The standard InChI is InChI=1S/C13H11N3O3/c14-10-4-3-8(13(18)19)6-11(10)16-12(17)9-2-1-5-15-7-9/h1-7H,14H2,(H,16,17)(H,18,19). The first-order valence-corrected chi connectivity index (χ1v) is 5.42. The summed E-state index contributed by atoms with van der Waals surface area (Å²) in [6.07, 6.45) is 2.96. The van der Waals surface area contributed by atoms with Crippen molar-refractivity contribution in [1.29, 1.82) is 0 Å². The highest BCUT2D eigenvalue weighted by atomic mass is 16.4. The predicted octanol–water partition coefficient (Wildman–Crippen LogP) is 1.61. The number of carbonyl (C=O) groups is 2. The van der Waals surface area contributed by atoms with Crippen LogP contribution in [0, 0.1) is 0 Å². The molecule has 0 fully saturated rings. The molecule has 1 aromatic heterocycles. The average Bonchev–Trinajstić information content (AvgIpc) is 2.42. The zero-order valence-electron chi connectivity index (χ0n) is 9.83. The van der Waals surface area contributed by atoms with Crippen LogP contribution in [0.2, 0.25) is 0 Å². The van der Waals surface area contributed by atoms with Crippen molar-refractivity contribution >= 4 is 23.3 Å². The number of hydrogen-bond acceptors (Lipinski definition) is 4. The summed E-state index contributed by atoms with van der Waals surface area (Å²) in [5, 5.41) is 11.4. The zero-order valence-corrected chi connectivity index (χ0v) is 9.83. The van der Waals surface area contributed by atoms with Crippen molar-refractivity contribution in [2.75, 3.05) is 11.1 Å². The lowest BCUT2D eigenvalue weighted by Gasteiger charge is -2.08. The molecule has 0 aliphatic carbocycles. The molecule has 0 atom stereocenters. The van der Waals surface area contributed by atoms with Gasteiger partial charge in [0.25, 0.3) is 5.91 Å². The second-order valence-corrected chi connectivity index (χ2v) is 3.80. The summed E-state index contributed by atoms with van der Waals surface area (Å²) < 4.78 is 0. The Balaban J connectivity index is 2.26. The van der Waals surface area contributed by atoms with Crippen LogP contribution in [0.25, 0.3) is 0 Å². The molecule has 1 aromatic carbocycles. The number of pyridine rings is 1. The number of aromatic carboxylic acids is 1. The molecule has 0 spiro atoms. The number of nitrogens with one attached hydrogen (secondary N) is 1. The van der Waals surface area contributed by atoms with Crippen molar-refractivity contribution in [2.45, 2.75) is 0 Å². The van der Waals surface area contributed by atoms with Crippen LogP contribution >= 0.6 is 0 Å². The SMILES string of the molecule is Nc1ccc(C(=O)O)cc1NC(=O)c1cccnc1. The molecule has 19 heavy (non-hydrogen) atoms. The molecule has 0 bridgehead atoms. The summed E-state index contributed by atoms with van der Waals surface area (Å²) >= 11 is 0. The molecule has 1 heterocycles. The predicted molar refractivity (Wildman–Crippen MR) is 70.0 cm³/mol. The summed E-state index contributed by atoms with van der Waals surface area (Å²) in [6, 6.07) is 7.34. The number of rotatable bonds is 3. The van der Waals surface area contributed by atoms with Gasteiger partial charge in [0.1, 0.15) is 0 Å². The van der Waals surface area contributed by atoms with Gasteiger partial charge in [0.15, 0.2) is 0 Å². The Hall–Kier alpha value is -2.89. The summed E-state index contributed by atoms with van der Waals surface area (Å²) in [5.74, 6) is -1.49. The molecule has 0 saturated carbocycles. The fourth-order valence-electron chi connectivity index (χ4n) is 1.49. The van der Waals surface area contributed by atoms with Crippen molar-refractivity contribution in [2.24, 2.45) is 0 Å². The van der Waals surface area contributed by atoms with Gasteiger partial charge in [-0.05, 0) is 30.3 Å². The molecular weight excluding hydrogens is 246 g/mol. The van der Waals surface area contributed by atoms with E-state index < -0.39 is 11.9 Å². The Bertz CT molecular complexity index is 626. The molecule has 0 aliphatic rings. The van der Waals surface area contributed by atoms with Gasteiger partial charge in [0.2, 0.25) is 0 Å². The van der Waals surface area contributed by atoms with E-state index >= 15 is 0 Å². The topological polar surface area (TPSA) is 105 Å². The lowest BCUT2D eigenvalue weighted by atomic mass is 10.1. The third-order valence-corrected chi connectivity index (χ3v) is 2.47. The first-order chi connectivity index (χ1) is 9.08. The zero-order chi connectivity index (χ0) is 13.8. The lowest BCUT2D eigenvalue weighted by Crippen LogP contribution is -2.14. The van der Waals surface area contributed by atoms with Crippen molar-refractivity contribution in [3.63, 3.8) is 0 Å². The van der Waals surface area contributed by atoms with Gasteiger partial charge >= 0.3 is 5.97 Å². The summed E-state index contributed by atoms with van der Waals surface area (Å²) in [7, 11) is 0. The van der Waals surface area contributed by atoms with Gasteiger partial charge in [-0.15, -0.1) is 0 Å². The van der Waals surface area contributed by atoms with E-state index in [4.69, 9.17) is 10.8 Å². The number of anilines is 2. The van der Waals surface area contributed by atoms with E-state index in [9.17, 15) is 9.59 Å². The van der Waals surface area contributed by atoms with E-state index in [1.807, 2.05) is 0 Å². The first kappa shape index (κ1) is 12.6.